The fraction of sp³-hybridized carbons (Fsp3) is 0.357. The minimum absolute atomic E-state index is 0.501. The third-order valence-corrected chi connectivity index (χ3v) is 4.63. The highest BCUT2D eigenvalue weighted by Crippen LogP contribution is 2.38. The summed E-state index contributed by atoms with van der Waals surface area (Å²) in [4.78, 5) is 4.59. The van der Waals surface area contributed by atoms with Crippen LogP contribution in [0, 0.1) is 0 Å². The molecule has 1 heterocycles. The van der Waals surface area contributed by atoms with Crippen LogP contribution in [0.4, 0.5) is 5.69 Å². The lowest BCUT2D eigenvalue weighted by Crippen LogP contribution is -2.03. The van der Waals surface area contributed by atoms with Crippen molar-refractivity contribution in [1.82, 2.24) is 4.98 Å². The fourth-order valence-corrected chi connectivity index (χ4v) is 2.84. The fourth-order valence-electron chi connectivity index (χ4n) is 1.91. The number of hydrogen-bond donors (Lipinski definition) is 1. The normalized spacial score (nSPS) is 11.0. The monoisotopic (exact) mass is 360 g/mol. The van der Waals surface area contributed by atoms with Crippen LogP contribution in [0.15, 0.2) is 16.6 Å². The Labute approximate surface area is 131 Å². The summed E-state index contributed by atoms with van der Waals surface area (Å²) < 4.78 is 0.789. The van der Waals surface area contributed by atoms with Gasteiger partial charge in [-0.25, -0.2) is 0 Å². The summed E-state index contributed by atoms with van der Waals surface area (Å²) in [6.45, 7) is 5.13. The van der Waals surface area contributed by atoms with Crippen LogP contribution in [0.1, 0.15) is 26.0 Å². The van der Waals surface area contributed by atoms with Crippen LogP contribution in [-0.4, -0.2) is 11.5 Å². The molecule has 0 radical (unpaired) electrons. The van der Waals surface area contributed by atoms with E-state index in [9.17, 15) is 0 Å². The Morgan fingerprint density at radius 2 is 1.95 bits per heavy atom. The number of aromatic nitrogens is 1. The average Bonchev–Trinajstić information content (AvgIpc) is 2.42. The standard InChI is InChI=1S/C14H15BrCl2N2/c1-3-5-18-11-6-8(4-2)19-14-9(11)7-10(15)12(16)13(14)17/h6-7H,3-5H2,1-2H3,(H,18,19). The molecule has 1 aromatic carbocycles. The molecule has 0 atom stereocenters. The zero-order valence-electron chi connectivity index (χ0n) is 10.9. The molecule has 0 aliphatic heterocycles. The topological polar surface area (TPSA) is 24.9 Å². The number of halogens is 3. The van der Waals surface area contributed by atoms with Crippen LogP contribution in [-0.2, 0) is 6.42 Å². The van der Waals surface area contributed by atoms with Gasteiger partial charge in [0.2, 0.25) is 0 Å². The highest BCUT2D eigenvalue weighted by Gasteiger charge is 2.13. The third kappa shape index (κ3) is 2.99. The van der Waals surface area contributed by atoms with E-state index in [1.54, 1.807) is 0 Å². The van der Waals surface area contributed by atoms with Crippen LogP contribution in [0.25, 0.3) is 10.9 Å². The summed E-state index contributed by atoms with van der Waals surface area (Å²) in [6.07, 6.45) is 1.93. The molecular formula is C14H15BrCl2N2. The summed E-state index contributed by atoms with van der Waals surface area (Å²) in [5.41, 5.74) is 2.82. The lowest BCUT2D eigenvalue weighted by atomic mass is 10.1. The quantitative estimate of drug-likeness (QED) is 0.707. The Kier molecular flexibility index (Phi) is 4.93. The van der Waals surface area contributed by atoms with E-state index in [0.717, 1.165) is 46.1 Å². The molecule has 0 fully saturated rings. The Hall–Kier alpha value is -0.510. The van der Waals surface area contributed by atoms with Crippen molar-refractivity contribution in [3.05, 3.63) is 32.3 Å². The molecule has 2 aromatic rings. The van der Waals surface area contributed by atoms with Gasteiger partial charge in [-0.1, -0.05) is 37.0 Å². The average molecular weight is 362 g/mol. The number of anilines is 1. The summed E-state index contributed by atoms with van der Waals surface area (Å²) in [7, 11) is 0. The van der Waals surface area contributed by atoms with Gasteiger partial charge in [-0.2, -0.15) is 0 Å². The molecule has 2 rings (SSSR count). The van der Waals surface area contributed by atoms with Gasteiger partial charge in [0.15, 0.2) is 0 Å². The van der Waals surface area contributed by atoms with Gasteiger partial charge in [0.25, 0.3) is 0 Å². The van der Waals surface area contributed by atoms with Crippen LogP contribution < -0.4 is 5.32 Å². The maximum absolute atomic E-state index is 6.31. The minimum Gasteiger partial charge on any atom is -0.384 e. The predicted octanol–water partition coefficient (Wildman–Crippen LogP) is 5.69. The smallest absolute Gasteiger partial charge is 0.0928 e. The number of benzene rings is 1. The first kappa shape index (κ1) is 14.9. The Morgan fingerprint density at radius 1 is 1.21 bits per heavy atom. The minimum atomic E-state index is 0.501. The SMILES string of the molecule is CCCNc1cc(CC)nc2c(Cl)c(Cl)c(Br)cc12. The Bertz CT molecular complexity index is 614. The van der Waals surface area contributed by atoms with Crippen LogP contribution in [0.5, 0.6) is 0 Å². The molecule has 1 aromatic heterocycles. The van der Waals surface area contributed by atoms with Crippen molar-refractivity contribution in [2.75, 3.05) is 11.9 Å². The summed E-state index contributed by atoms with van der Waals surface area (Å²) in [6, 6.07) is 4.04. The van der Waals surface area contributed by atoms with Gasteiger partial charge in [0.05, 0.1) is 15.6 Å². The van der Waals surface area contributed by atoms with Crippen molar-refractivity contribution >= 4 is 55.7 Å². The molecular weight excluding hydrogens is 347 g/mol. The summed E-state index contributed by atoms with van der Waals surface area (Å²) in [5.74, 6) is 0. The van der Waals surface area contributed by atoms with E-state index < -0.39 is 0 Å². The Morgan fingerprint density at radius 3 is 2.58 bits per heavy atom. The predicted molar refractivity (Wildman–Crippen MR) is 87.6 cm³/mol. The summed E-state index contributed by atoms with van der Waals surface area (Å²) >= 11 is 15.9. The molecule has 0 saturated heterocycles. The second kappa shape index (κ2) is 6.29. The highest BCUT2D eigenvalue weighted by atomic mass is 79.9. The van der Waals surface area contributed by atoms with Gasteiger partial charge in [-0.15, -0.1) is 0 Å². The van der Waals surface area contributed by atoms with E-state index in [0.29, 0.717) is 10.0 Å². The van der Waals surface area contributed by atoms with Gasteiger partial charge in [0.1, 0.15) is 0 Å². The first-order valence-corrected chi connectivity index (χ1v) is 7.84. The molecule has 0 spiro atoms. The number of pyridine rings is 1. The van der Waals surface area contributed by atoms with Crippen LogP contribution in [0.3, 0.4) is 0 Å². The maximum Gasteiger partial charge on any atom is 0.0928 e. The molecule has 0 aliphatic rings. The van der Waals surface area contributed by atoms with Crippen LogP contribution in [0.2, 0.25) is 10.0 Å². The second-order valence-corrected chi connectivity index (χ2v) is 5.93. The first-order valence-electron chi connectivity index (χ1n) is 6.29. The number of nitrogens with one attached hydrogen (secondary N) is 1. The lowest BCUT2D eigenvalue weighted by molar-refractivity contribution is 0.977. The van der Waals surface area contributed by atoms with Crippen molar-refractivity contribution in [2.24, 2.45) is 0 Å². The molecule has 0 aliphatic carbocycles. The van der Waals surface area contributed by atoms with E-state index >= 15 is 0 Å². The van der Waals surface area contributed by atoms with Gasteiger partial charge < -0.3 is 5.32 Å². The first-order chi connectivity index (χ1) is 9.08. The summed E-state index contributed by atoms with van der Waals surface area (Å²) in [5, 5.41) is 5.43. The van der Waals surface area contributed by atoms with Crippen molar-refractivity contribution in [3.8, 4) is 0 Å². The van der Waals surface area contributed by atoms with E-state index in [2.05, 4.69) is 46.1 Å². The number of nitrogens with zero attached hydrogens (tertiary/aromatic N) is 1. The van der Waals surface area contributed by atoms with Crippen molar-refractivity contribution in [3.63, 3.8) is 0 Å². The van der Waals surface area contributed by atoms with Gasteiger partial charge in [-0.05, 0) is 40.9 Å². The maximum atomic E-state index is 6.31. The number of rotatable bonds is 4. The van der Waals surface area contributed by atoms with Crippen LogP contribution >= 0.6 is 39.1 Å². The zero-order chi connectivity index (χ0) is 14.0. The molecule has 2 nitrogen and oxygen atoms in total. The molecule has 5 heteroatoms. The molecule has 0 unspecified atom stereocenters. The second-order valence-electron chi connectivity index (χ2n) is 4.32. The van der Waals surface area contributed by atoms with Gasteiger partial charge >= 0.3 is 0 Å². The Balaban J connectivity index is 2.71. The van der Waals surface area contributed by atoms with E-state index in [1.165, 1.54) is 0 Å². The molecule has 102 valence electrons. The largest absolute Gasteiger partial charge is 0.384 e. The number of fused-ring (bicyclic) bond motifs is 1. The molecule has 0 amide bonds. The van der Waals surface area contributed by atoms with Gasteiger partial charge in [-0.3, -0.25) is 4.98 Å². The van der Waals surface area contributed by atoms with Crippen molar-refractivity contribution in [2.45, 2.75) is 26.7 Å². The number of hydrogen-bond acceptors (Lipinski definition) is 2. The van der Waals surface area contributed by atoms with Crippen molar-refractivity contribution in [1.29, 1.82) is 0 Å². The lowest BCUT2D eigenvalue weighted by Gasteiger charge is -2.13. The highest BCUT2D eigenvalue weighted by molar-refractivity contribution is 9.10. The molecule has 19 heavy (non-hydrogen) atoms. The molecule has 0 saturated carbocycles. The van der Waals surface area contributed by atoms with E-state index in [1.807, 2.05) is 6.07 Å². The van der Waals surface area contributed by atoms with Gasteiger partial charge in [0, 0.05) is 27.8 Å². The van der Waals surface area contributed by atoms with E-state index in [-0.39, 0.29) is 0 Å². The zero-order valence-corrected chi connectivity index (χ0v) is 14.0. The number of aryl methyl sites for hydroxylation is 1. The molecule has 1 N–H and O–H groups in total. The molecule has 0 bridgehead atoms. The van der Waals surface area contributed by atoms with Crippen molar-refractivity contribution < 1.29 is 0 Å². The van der Waals surface area contributed by atoms with E-state index in [4.69, 9.17) is 23.2 Å². The third-order valence-electron chi connectivity index (χ3n) is 2.92.